The lowest BCUT2D eigenvalue weighted by atomic mass is 10.1. The second-order valence-electron chi connectivity index (χ2n) is 4.10. The minimum atomic E-state index is -0.699. The van der Waals surface area contributed by atoms with E-state index in [0.717, 1.165) is 11.1 Å². The number of rotatable bonds is 5. The van der Waals surface area contributed by atoms with Gasteiger partial charge in [0.1, 0.15) is 6.04 Å². The molecule has 0 aliphatic carbocycles. The van der Waals surface area contributed by atoms with Gasteiger partial charge in [-0.25, -0.2) is 0 Å². The first-order valence-electron chi connectivity index (χ1n) is 5.85. The van der Waals surface area contributed by atoms with Gasteiger partial charge < -0.3 is 16.4 Å². The van der Waals surface area contributed by atoms with Gasteiger partial charge in [0, 0.05) is 20.0 Å². The molecule has 1 aromatic rings. The lowest BCUT2D eigenvalue weighted by Gasteiger charge is -2.12. The molecule has 2 amide bonds. The topological polar surface area (TPSA) is 84.2 Å². The zero-order valence-electron chi connectivity index (χ0n) is 10.7. The highest BCUT2D eigenvalue weighted by Crippen LogP contribution is 2.11. The Balaban J connectivity index is 2.46. The zero-order chi connectivity index (χ0) is 13.5. The van der Waals surface area contributed by atoms with Crippen molar-refractivity contribution in [2.24, 2.45) is 5.73 Å². The van der Waals surface area contributed by atoms with Gasteiger partial charge in [-0.2, -0.15) is 0 Å². The van der Waals surface area contributed by atoms with Crippen LogP contribution in [0, 0.1) is 6.92 Å². The summed E-state index contributed by atoms with van der Waals surface area (Å²) in [7, 11) is 1.56. The average molecular weight is 249 g/mol. The van der Waals surface area contributed by atoms with Crippen molar-refractivity contribution in [1.29, 1.82) is 0 Å². The van der Waals surface area contributed by atoms with Crippen LogP contribution in [0.1, 0.15) is 23.6 Å². The van der Waals surface area contributed by atoms with Gasteiger partial charge in [-0.05, 0) is 12.5 Å². The van der Waals surface area contributed by atoms with E-state index in [4.69, 9.17) is 5.73 Å². The second kappa shape index (κ2) is 6.76. The van der Waals surface area contributed by atoms with Crippen LogP contribution in [0.5, 0.6) is 0 Å². The molecule has 0 fully saturated rings. The Labute approximate surface area is 107 Å². The van der Waals surface area contributed by atoms with Crippen LogP contribution in [0.2, 0.25) is 0 Å². The number of hydrogen-bond donors (Lipinski definition) is 3. The first-order valence-corrected chi connectivity index (χ1v) is 5.85. The van der Waals surface area contributed by atoms with E-state index in [9.17, 15) is 9.59 Å². The van der Waals surface area contributed by atoms with Crippen molar-refractivity contribution in [3.05, 3.63) is 35.4 Å². The fourth-order valence-corrected chi connectivity index (χ4v) is 1.46. The summed E-state index contributed by atoms with van der Waals surface area (Å²) in [5, 5.41) is 5.12. The quantitative estimate of drug-likeness (QED) is 0.699. The van der Waals surface area contributed by atoms with Crippen molar-refractivity contribution in [2.45, 2.75) is 19.4 Å². The van der Waals surface area contributed by atoms with Crippen molar-refractivity contribution in [3.63, 3.8) is 0 Å². The lowest BCUT2D eigenvalue weighted by Crippen LogP contribution is -2.36. The molecule has 0 aromatic heterocycles. The number of nitrogens with one attached hydrogen (secondary N) is 2. The van der Waals surface area contributed by atoms with Crippen molar-refractivity contribution in [2.75, 3.05) is 13.6 Å². The predicted octanol–water partition coefficient (Wildman–Crippen LogP) is 0.247. The third kappa shape index (κ3) is 4.18. The second-order valence-corrected chi connectivity index (χ2v) is 4.10. The highest BCUT2D eigenvalue weighted by Gasteiger charge is 2.15. The van der Waals surface area contributed by atoms with E-state index in [-0.39, 0.29) is 24.8 Å². The summed E-state index contributed by atoms with van der Waals surface area (Å²) in [4.78, 5) is 22.7. The molecular formula is C13H19N3O2. The standard InChI is InChI=1S/C13H19N3O2/c1-9-3-5-10(6-4-9)12(14)13(18)16-8-7-11(17)15-2/h3-6,12H,7-8,14H2,1-2H3,(H,15,17)(H,16,18). The number of hydrogen-bond acceptors (Lipinski definition) is 3. The van der Waals surface area contributed by atoms with Crippen molar-refractivity contribution in [3.8, 4) is 0 Å². The summed E-state index contributed by atoms with van der Waals surface area (Å²) in [6.07, 6.45) is 0.253. The normalized spacial score (nSPS) is 11.7. The van der Waals surface area contributed by atoms with E-state index >= 15 is 0 Å². The van der Waals surface area contributed by atoms with Crippen LogP contribution < -0.4 is 16.4 Å². The maximum absolute atomic E-state index is 11.7. The van der Waals surface area contributed by atoms with Crippen molar-refractivity contribution < 1.29 is 9.59 Å². The van der Waals surface area contributed by atoms with Gasteiger partial charge in [0.05, 0.1) is 0 Å². The molecule has 0 saturated heterocycles. The van der Waals surface area contributed by atoms with Crippen LogP contribution in [0.3, 0.4) is 0 Å². The van der Waals surface area contributed by atoms with Crippen LogP contribution >= 0.6 is 0 Å². The molecule has 0 spiro atoms. The third-order valence-corrected chi connectivity index (χ3v) is 2.65. The summed E-state index contributed by atoms with van der Waals surface area (Å²) in [5.41, 5.74) is 7.70. The summed E-state index contributed by atoms with van der Waals surface area (Å²) in [5.74, 6) is -0.387. The maximum Gasteiger partial charge on any atom is 0.241 e. The largest absolute Gasteiger partial charge is 0.359 e. The van der Waals surface area contributed by atoms with Gasteiger partial charge in [-0.3, -0.25) is 9.59 Å². The number of carbonyl (C=O) groups excluding carboxylic acids is 2. The Morgan fingerprint density at radius 1 is 1.28 bits per heavy atom. The van der Waals surface area contributed by atoms with Gasteiger partial charge in [0.2, 0.25) is 11.8 Å². The van der Waals surface area contributed by atoms with Crippen LogP contribution in [-0.2, 0) is 9.59 Å². The van der Waals surface area contributed by atoms with E-state index in [2.05, 4.69) is 10.6 Å². The van der Waals surface area contributed by atoms with Crippen LogP contribution in [0.4, 0.5) is 0 Å². The molecule has 0 heterocycles. The first-order chi connectivity index (χ1) is 8.54. The summed E-state index contributed by atoms with van der Waals surface area (Å²) in [6, 6.07) is 6.78. The van der Waals surface area contributed by atoms with Gasteiger partial charge >= 0.3 is 0 Å². The fraction of sp³-hybridized carbons (Fsp3) is 0.385. The predicted molar refractivity (Wildman–Crippen MR) is 69.8 cm³/mol. The Kier molecular flexibility index (Phi) is 5.32. The Hall–Kier alpha value is -1.88. The van der Waals surface area contributed by atoms with E-state index < -0.39 is 6.04 Å². The SMILES string of the molecule is CNC(=O)CCNC(=O)C(N)c1ccc(C)cc1. The Morgan fingerprint density at radius 3 is 2.44 bits per heavy atom. The Morgan fingerprint density at radius 2 is 1.89 bits per heavy atom. The molecular weight excluding hydrogens is 230 g/mol. The highest BCUT2D eigenvalue weighted by molar-refractivity contribution is 5.83. The van der Waals surface area contributed by atoms with Gasteiger partial charge in [-0.15, -0.1) is 0 Å². The molecule has 5 nitrogen and oxygen atoms in total. The summed E-state index contributed by atoms with van der Waals surface area (Å²) >= 11 is 0. The first kappa shape index (κ1) is 14.2. The number of aryl methyl sites for hydroxylation is 1. The van der Waals surface area contributed by atoms with Crippen molar-refractivity contribution in [1.82, 2.24) is 10.6 Å². The molecule has 1 rings (SSSR count). The minimum absolute atomic E-state index is 0.112. The molecule has 98 valence electrons. The lowest BCUT2D eigenvalue weighted by molar-refractivity contribution is -0.123. The van der Waals surface area contributed by atoms with Gasteiger partial charge in [-0.1, -0.05) is 29.8 Å². The minimum Gasteiger partial charge on any atom is -0.359 e. The molecule has 5 heteroatoms. The maximum atomic E-state index is 11.7. The van der Waals surface area contributed by atoms with E-state index in [1.807, 2.05) is 31.2 Å². The van der Waals surface area contributed by atoms with Crippen molar-refractivity contribution >= 4 is 11.8 Å². The van der Waals surface area contributed by atoms with Crippen LogP contribution in [0.25, 0.3) is 0 Å². The van der Waals surface area contributed by atoms with E-state index in [1.54, 1.807) is 7.05 Å². The molecule has 1 unspecified atom stereocenters. The highest BCUT2D eigenvalue weighted by atomic mass is 16.2. The summed E-state index contributed by atoms with van der Waals surface area (Å²) < 4.78 is 0. The molecule has 18 heavy (non-hydrogen) atoms. The molecule has 4 N–H and O–H groups in total. The number of benzene rings is 1. The molecule has 0 bridgehead atoms. The number of carbonyl (C=O) groups is 2. The van der Waals surface area contributed by atoms with E-state index in [1.165, 1.54) is 0 Å². The molecule has 0 saturated carbocycles. The molecule has 0 aliphatic heterocycles. The van der Waals surface area contributed by atoms with Gasteiger partial charge in [0.25, 0.3) is 0 Å². The third-order valence-electron chi connectivity index (χ3n) is 2.65. The van der Waals surface area contributed by atoms with Crippen LogP contribution in [-0.4, -0.2) is 25.4 Å². The monoisotopic (exact) mass is 249 g/mol. The molecule has 1 atom stereocenters. The smallest absolute Gasteiger partial charge is 0.241 e. The van der Waals surface area contributed by atoms with E-state index in [0.29, 0.717) is 0 Å². The molecule has 0 radical (unpaired) electrons. The molecule has 1 aromatic carbocycles. The van der Waals surface area contributed by atoms with Crippen LogP contribution in [0.15, 0.2) is 24.3 Å². The van der Waals surface area contributed by atoms with Gasteiger partial charge in [0.15, 0.2) is 0 Å². The average Bonchev–Trinajstić information content (AvgIpc) is 2.38. The fourth-order valence-electron chi connectivity index (χ4n) is 1.46. The summed E-state index contributed by atoms with van der Waals surface area (Å²) in [6.45, 7) is 2.26. The number of nitrogens with two attached hydrogens (primary N) is 1. The molecule has 0 aliphatic rings. The Bertz CT molecular complexity index is 415. The zero-order valence-corrected chi connectivity index (χ0v) is 10.7. The number of amides is 2.